The Morgan fingerprint density at radius 2 is 2.00 bits per heavy atom. The van der Waals surface area contributed by atoms with Gasteiger partial charge >= 0.3 is 0 Å². The normalized spacial score (nSPS) is 10.7. The molecule has 0 unspecified atom stereocenters. The van der Waals surface area contributed by atoms with Crippen LogP contribution in [0.4, 0.5) is 0 Å². The van der Waals surface area contributed by atoms with E-state index in [0.29, 0.717) is 5.92 Å². The molecule has 7 heavy (non-hydrogen) atoms. The van der Waals surface area contributed by atoms with Crippen LogP contribution in [0.5, 0.6) is 0 Å². The van der Waals surface area contributed by atoms with Crippen molar-refractivity contribution in [3.63, 3.8) is 0 Å². The molecule has 0 rings (SSSR count). The molecule has 0 fully saturated rings. The summed E-state index contributed by atoms with van der Waals surface area (Å²) in [6, 6.07) is 0. The minimum atomic E-state index is 0.611. The molecule has 0 aliphatic carbocycles. The molecule has 39 valence electrons. The van der Waals surface area contributed by atoms with Crippen molar-refractivity contribution in [2.24, 2.45) is 5.92 Å². The fraction of sp³-hybridized carbons (Fsp3) is 0.429. The van der Waals surface area contributed by atoms with E-state index in [4.69, 9.17) is 6.58 Å². The summed E-state index contributed by atoms with van der Waals surface area (Å²) in [6.45, 7) is 9.29. The van der Waals surface area contributed by atoms with E-state index in [-0.39, 0.29) is 0 Å². The zero-order chi connectivity index (χ0) is 5.70. The highest BCUT2D eigenvalue weighted by molar-refractivity contribution is 4.96. The molecular weight excluding hydrogens is 84.1 g/mol. The summed E-state index contributed by atoms with van der Waals surface area (Å²) in [5.41, 5.74) is 0. The quantitative estimate of drug-likeness (QED) is 0.461. The Morgan fingerprint density at radius 1 is 1.43 bits per heavy atom. The summed E-state index contributed by atoms with van der Waals surface area (Å²) in [7, 11) is 0. The third-order valence-electron chi connectivity index (χ3n) is 0.607. The molecule has 0 aromatic heterocycles. The topological polar surface area (TPSA) is 0 Å². The summed E-state index contributed by atoms with van der Waals surface area (Å²) in [5.74, 6) is 0.611. The lowest BCUT2D eigenvalue weighted by molar-refractivity contribution is 0.832. The maximum Gasteiger partial charge on any atom is -0.0287 e. The predicted octanol–water partition coefficient (Wildman–Crippen LogP) is 2.19. The van der Waals surface area contributed by atoms with Gasteiger partial charge in [-0.1, -0.05) is 38.7 Å². The second-order valence-corrected chi connectivity index (χ2v) is 1.82. The molecule has 0 nitrogen and oxygen atoms in total. The van der Waals surface area contributed by atoms with Gasteiger partial charge in [0.1, 0.15) is 0 Å². The average Bonchev–Trinajstić information content (AvgIpc) is 1.61. The van der Waals surface area contributed by atoms with Crippen molar-refractivity contribution in [2.75, 3.05) is 0 Å². The number of rotatable bonds is 2. The van der Waals surface area contributed by atoms with Crippen LogP contribution < -0.4 is 0 Å². The molecule has 0 aromatic rings. The molecule has 0 aromatic carbocycles. The Morgan fingerprint density at radius 3 is 2.14 bits per heavy atom. The van der Waals surface area contributed by atoms with Gasteiger partial charge in [-0.3, -0.25) is 0 Å². The summed E-state index contributed by atoms with van der Waals surface area (Å²) >= 11 is 0. The molecule has 0 N–H and O–H groups in total. The van der Waals surface area contributed by atoms with Gasteiger partial charge in [0.15, 0.2) is 0 Å². The summed E-state index contributed by atoms with van der Waals surface area (Å²) < 4.78 is 0. The van der Waals surface area contributed by atoms with Gasteiger partial charge in [0, 0.05) is 0 Å². The van der Waals surface area contributed by atoms with Crippen LogP contribution in [-0.4, -0.2) is 0 Å². The van der Waals surface area contributed by atoms with Crippen molar-refractivity contribution in [3.8, 4) is 0 Å². The van der Waals surface area contributed by atoms with E-state index in [0.717, 1.165) is 0 Å². The van der Waals surface area contributed by atoms with Crippen molar-refractivity contribution >= 4 is 0 Å². The summed E-state index contributed by atoms with van der Waals surface area (Å²) in [5, 5.41) is 0. The SMILES string of the molecule is [CH]=C/C=C/C(C)C. The Bertz CT molecular complexity index is 68.1. The smallest absolute Gasteiger partial charge is 0.0287 e. The number of allylic oxidation sites excluding steroid dienone is 3. The van der Waals surface area contributed by atoms with E-state index in [1.807, 2.05) is 12.2 Å². The molecule has 0 heterocycles. The Balaban J connectivity index is 3.25. The van der Waals surface area contributed by atoms with Gasteiger partial charge in [0.2, 0.25) is 0 Å². The van der Waals surface area contributed by atoms with Crippen molar-refractivity contribution in [1.29, 1.82) is 0 Å². The standard InChI is InChI=1S/C7H11/c1-4-5-6-7(2)3/h1,4-7H,2-3H3/b4-1?,6-5+. The summed E-state index contributed by atoms with van der Waals surface area (Å²) in [6.07, 6.45) is 5.44. The van der Waals surface area contributed by atoms with E-state index in [1.54, 1.807) is 6.08 Å². The van der Waals surface area contributed by atoms with Crippen LogP contribution >= 0.6 is 0 Å². The van der Waals surface area contributed by atoms with E-state index in [1.165, 1.54) is 0 Å². The van der Waals surface area contributed by atoms with Crippen molar-refractivity contribution in [1.82, 2.24) is 0 Å². The lowest BCUT2D eigenvalue weighted by Gasteiger charge is -1.87. The number of hydrogen-bond donors (Lipinski definition) is 0. The first-order chi connectivity index (χ1) is 3.27. The average molecular weight is 95.2 g/mol. The van der Waals surface area contributed by atoms with Crippen molar-refractivity contribution in [3.05, 3.63) is 24.8 Å². The first-order valence-electron chi connectivity index (χ1n) is 2.49. The maximum absolute atomic E-state index is 5.06. The Kier molecular flexibility index (Phi) is 3.39. The molecule has 0 saturated heterocycles. The third kappa shape index (κ3) is 5.48. The molecule has 0 aliphatic rings. The molecular formula is C7H11. The van der Waals surface area contributed by atoms with Crippen LogP contribution in [0.25, 0.3) is 0 Å². The predicted molar refractivity (Wildman–Crippen MR) is 32.8 cm³/mol. The first-order valence-corrected chi connectivity index (χ1v) is 2.49. The lowest BCUT2D eigenvalue weighted by atomic mass is 10.2. The van der Waals surface area contributed by atoms with Gasteiger partial charge in [-0.25, -0.2) is 0 Å². The highest BCUT2D eigenvalue weighted by Gasteiger charge is 1.77. The highest BCUT2D eigenvalue weighted by Crippen LogP contribution is 1.91. The van der Waals surface area contributed by atoms with E-state index in [2.05, 4.69) is 13.8 Å². The second-order valence-electron chi connectivity index (χ2n) is 1.82. The van der Waals surface area contributed by atoms with E-state index in [9.17, 15) is 0 Å². The molecule has 0 aliphatic heterocycles. The van der Waals surface area contributed by atoms with Crippen LogP contribution in [0.1, 0.15) is 13.8 Å². The minimum absolute atomic E-state index is 0.611. The monoisotopic (exact) mass is 95.1 g/mol. The van der Waals surface area contributed by atoms with Gasteiger partial charge in [0.05, 0.1) is 0 Å². The highest BCUT2D eigenvalue weighted by atomic mass is 13.8. The fourth-order valence-corrected chi connectivity index (χ4v) is 0.286. The van der Waals surface area contributed by atoms with Crippen LogP contribution in [0, 0.1) is 12.5 Å². The van der Waals surface area contributed by atoms with Crippen molar-refractivity contribution < 1.29 is 0 Å². The lowest BCUT2D eigenvalue weighted by Crippen LogP contribution is -1.73. The van der Waals surface area contributed by atoms with Gasteiger partial charge < -0.3 is 0 Å². The molecule has 0 amide bonds. The second kappa shape index (κ2) is 3.66. The molecule has 0 heteroatoms. The van der Waals surface area contributed by atoms with Crippen LogP contribution in [-0.2, 0) is 0 Å². The van der Waals surface area contributed by atoms with Gasteiger partial charge in [-0.2, -0.15) is 0 Å². The fourth-order valence-electron chi connectivity index (χ4n) is 0.286. The number of hydrogen-bond acceptors (Lipinski definition) is 0. The zero-order valence-electron chi connectivity index (χ0n) is 4.89. The largest absolute Gasteiger partial charge is 0.0820 e. The van der Waals surface area contributed by atoms with E-state index < -0.39 is 0 Å². The Hall–Kier alpha value is -0.520. The van der Waals surface area contributed by atoms with Crippen LogP contribution in [0.2, 0.25) is 0 Å². The zero-order valence-corrected chi connectivity index (χ0v) is 4.89. The van der Waals surface area contributed by atoms with Gasteiger partial charge in [-0.05, 0) is 5.92 Å². The maximum atomic E-state index is 5.06. The Labute approximate surface area is 45.5 Å². The van der Waals surface area contributed by atoms with Gasteiger partial charge in [-0.15, -0.1) is 0 Å². The third-order valence-corrected chi connectivity index (χ3v) is 0.607. The van der Waals surface area contributed by atoms with Crippen molar-refractivity contribution in [2.45, 2.75) is 13.8 Å². The summed E-state index contributed by atoms with van der Waals surface area (Å²) in [4.78, 5) is 0. The van der Waals surface area contributed by atoms with Gasteiger partial charge in [0.25, 0.3) is 0 Å². The molecule has 0 atom stereocenters. The molecule has 1 radical (unpaired) electrons. The molecule has 0 spiro atoms. The minimum Gasteiger partial charge on any atom is -0.0820 e. The van der Waals surface area contributed by atoms with Crippen LogP contribution in [0.3, 0.4) is 0 Å². The molecule has 0 bridgehead atoms. The van der Waals surface area contributed by atoms with E-state index >= 15 is 0 Å². The first kappa shape index (κ1) is 6.48. The molecule has 0 saturated carbocycles. The van der Waals surface area contributed by atoms with Crippen LogP contribution in [0.15, 0.2) is 18.2 Å².